The number of hydrogen-bond donors (Lipinski definition) is 1. The number of hydrogen-bond acceptors (Lipinski definition) is 2. The molecule has 0 aliphatic carbocycles. The van der Waals surface area contributed by atoms with Crippen LogP contribution in [0.25, 0.3) is 5.57 Å². The first-order chi connectivity index (χ1) is 11.5. The van der Waals surface area contributed by atoms with Gasteiger partial charge in [0, 0.05) is 15.6 Å². The van der Waals surface area contributed by atoms with E-state index in [0.29, 0.717) is 10.0 Å². The van der Waals surface area contributed by atoms with Gasteiger partial charge in [0.1, 0.15) is 0 Å². The lowest BCUT2D eigenvalue weighted by Crippen LogP contribution is -2.23. The van der Waals surface area contributed by atoms with Gasteiger partial charge in [-0.2, -0.15) is 0 Å². The Morgan fingerprint density at radius 3 is 1.96 bits per heavy atom. The van der Waals surface area contributed by atoms with Crippen molar-refractivity contribution in [1.29, 1.82) is 0 Å². The molecule has 1 N–H and O–H groups in total. The molecule has 0 aromatic heterocycles. The third-order valence-corrected chi connectivity index (χ3v) is 4.73. The third-order valence-electron chi connectivity index (χ3n) is 4.29. The Labute approximate surface area is 152 Å². The molecule has 0 spiro atoms. The van der Waals surface area contributed by atoms with Gasteiger partial charge in [-0.25, -0.2) is 0 Å². The summed E-state index contributed by atoms with van der Waals surface area (Å²) in [6, 6.07) is 13.4. The maximum absolute atomic E-state index is 11.5. The lowest BCUT2D eigenvalue weighted by molar-refractivity contribution is 0.101. The molecule has 0 amide bonds. The van der Waals surface area contributed by atoms with E-state index < -0.39 is 0 Å². The maximum Gasteiger partial charge on any atom is 0.159 e. The average Bonchev–Trinajstić information content (AvgIpc) is 2.56. The minimum absolute atomic E-state index is 0.0726. The van der Waals surface area contributed by atoms with Gasteiger partial charge >= 0.3 is 0 Å². The molecule has 1 fully saturated rings. The molecule has 0 unspecified atom stereocenters. The highest BCUT2D eigenvalue weighted by Crippen LogP contribution is 2.34. The summed E-state index contributed by atoms with van der Waals surface area (Å²) in [5, 5.41) is 4.65. The highest BCUT2D eigenvalue weighted by atomic mass is 35.5. The fourth-order valence-corrected chi connectivity index (χ4v) is 3.65. The second-order valence-electron chi connectivity index (χ2n) is 6.02. The maximum atomic E-state index is 11.5. The standard InChI is InChI=1S/C20H19Cl2NO/c1-13(24)14-2-4-15(5-3-14)20(16-6-8-23-9-7-16)17-10-18(21)12-19(22)11-17/h2-5,10-12,23H,6-9H2,1H3. The molecule has 1 aliphatic rings. The third kappa shape index (κ3) is 3.89. The van der Waals surface area contributed by atoms with E-state index in [-0.39, 0.29) is 5.78 Å². The molecule has 1 heterocycles. The van der Waals surface area contributed by atoms with Crippen molar-refractivity contribution in [2.45, 2.75) is 19.8 Å². The van der Waals surface area contributed by atoms with E-state index in [1.807, 2.05) is 36.4 Å². The minimum Gasteiger partial charge on any atom is -0.316 e. The molecule has 2 nitrogen and oxygen atoms in total. The molecule has 0 saturated carbocycles. The van der Waals surface area contributed by atoms with Crippen molar-refractivity contribution in [2.75, 3.05) is 13.1 Å². The molecule has 124 valence electrons. The number of halogens is 2. The molecule has 2 aromatic rings. The number of benzene rings is 2. The molecule has 2 aromatic carbocycles. The first kappa shape index (κ1) is 17.2. The van der Waals surface area contributed by atoms with Crippen LogP contribution in [0, 0.1) is 0 Å². The zero-order valence-electron chi connectivity index (χ0n) is 13.5. The Morgan fingerprint density at radius 1 is 0.875 bits per heavy atom. The number of carbonyl (C=O) groups excluding carboxylic acids is 1. The number of rotatable bonds is 3. The SMILES string of the molecule is CC(=O)c1ccc(C(=C2CCNCC2)c2cc(Cl)cc(Cl)c2)cc1. The van der Waals surface area contributed by atoms with Gasteiger partial charge in [-0.3, -0.25) is 4.79 Å². The van der Waals surface area contributed by atoms with Crippen molar-refractivity contribution >= 4 is 34.6 Å². The van der Waals surface area contributed by atoms with E-state index in [0.717, 1.165) is 42.6 Å². The van der Waals surface area contributed by atoms with Crippen molar-refractivity contribution in [2.24, 2.45) is 0 Å². The van der Waals surface area contributed by atoms with E-state index in [1.165, 1.54) is 11.1 Å². The lowest BCUT2D eigenvalue weighted by Gasteiger charge is -2.21. The van der Waals surface area contributed by atoms with Crippen LogP contribution >= 0.6 is 23.2 Å². The highest BCUT2D eigenvalue weighted by molar-refractivity contribution is 6.35. The number of Topliss-reactive ketones (excluding diaryl/α,β-unsaturated/α-hetero) is 1. The Morgan fingerprint density at radius 2 is 1.42 bits per heavy atom. The summed E-state index contributed by atoms with van der Waals surface area (Å²) in [5.41, 5.74) is 5.41. The predicted molar refractivity (Wildman–Crippen MR) is 101 cm³/mol. The molecule has 3 rings (SSSR count). The molecule has 0 bridgehead atoms. The summed E-state index contributed by atoms with van der Waals surface area (Å²) in [6.07, 6.45) is 1.99. The van der Waals surface area contributed by atoms with E-state index in [9.17, 15) is 4.79 Å². The fraction of sp³-hybridized carbons (Fsp3) is 0.250. The van der Waals surface area contributed by atoms with Crippen LogP contribution in [0.3, 0.4) is 0 Å². The molecule has 1 aliphatic heterocycles. The second kappa shape index (κ2) is 7.52. The van der Waals surface area contributed by atoms with Gasteiger partial charge in [0.05, 0.1) is 0 Å². The predicted octanol–water partition coefficient (Wildman–Crippen LogP) is 5.38. The largest absolute Gasteiger partial charge is 0.316 e. The van der Waals surface area contributed by atoms with Crippen molar-refractivity contribution in [3.8, 4) is 0 Å². The Hall–Kier alpha value is -1.61. The van der Waals surface area contributed by atoms with Crippen LogP contribution in [0.2, 0.25) is 10.0 Å². The van der Waals surface area contributed by atoms with Gasteiger partial charge in [0.25, 0.3) is 0 Å². The zero-order chi connectivity index (χ0) is 17.1. The molecular weight excluding hydrogens is 341 g/mol. The second-order valence-corrected chi connectivity index (χ2v) is 6.89. The van der Waals surface area contributed by atoms with Crippen LogP contribution in [0.1, 0.15) is 41.3 Å². The Bertz CT molecular complexity index is 766. The van der Waals surface area contributed by atoms with Crippen LogP contribution < -0.4 is 5.32 Å². The van der Waals surface area contributed by atoms with E-state index in [1.54, 1.807) is 13.0 Å². The summed E-state index contributed by atoms with van der Waals surface area (Å²) < 4.78 is 0. The molecule has 0 atom stereocenters. The first-order valence-electron chi connectivity index (χ1n) is 8.05. The van der Waals surface area contributed by atoms with Crippen LogP contribution in [0.15, 0.2) is 48.0 Å². The zero-order valence-corrected chi connectivity index (χ0v) is 15.0. The van der Waals surface area contributed by atoms with E-state index >= 15 is 0 Å². The topological polar surface area (TPSA) is 29.1 Å². The number of carbonyl (C=O) groups is 1. The summed E-state index contributed by atoms with van der Waals surface area (Å²) in [6.45, 7) is 3.52. The van der Waals surface area contributed by atoms with Crippen LogP contribution in [-0.2, 0) is 0 Å². The smallest absolute Gasteiger partial charge is 0.159 e. The Kier molecular flexibility index (Phi) is 5.40. The van der Waals surface area contributed by atoms with Gasteiger partial charge < -0.3 is 5.32 Å². The van der Waals surface area contributed by atoms with Crippen molar-refractivity contribution < 1.29 is 4.79 Å². The molecular formula is C20H19Cl2NO. The molecule has 0 radical (unpaired) electrons. The quantitative estimate of drug-likeness (QED) is 0.745. The summed E-state index contributed by atoms with van der Waals surface area (Å²) >= 11 is 12.4. The lowest BCUT2D eigenvalue weighted by atomic mass is 9.88. The number of ketones is 1. The van der Waals surface area contributed by atoms with E-state index in [4.69, 9.17) is 23.2 Å². The van der Waals surface area contributed by atoms with Crippen molar-refractivity contribution in [1.82, 2.24) is 5.32 Å². The highest BCUT2D eigenvalue weighted by Gasteiger charge is 2.16. The van der Waals surface area contributed by atoms with Crippen LogP contribution in [0.4, 0.5) is 0 Å². The number of piperidine rings is 1. The number of nitrogens with one attached hydrogen (secondary N) is 1. The molecule has 4 heteroatoms. The normalized spacial score (nSPS) is 14.5. The van der Waals surface area contributed by atoms with Gasteiger partial charge in [-0.15, -0.1) is 0 Å². The van der Waals surface area contributed by atoms with Gasteiger partial charge in [-0.05, 0) is 67.8 Å². The van der Waals surface area contributed by atoms with Gasteiger partial charge in [-0.1, -0.05) is 53.0 Å². The summed E-state index contributed by atoms with van der Waals surface area (Å²) in [5.74, 6) is 0.0726. The fourth-order valence-electron chi connectivity index (χ4n) is 3.12. The minimum atomic E-state index is 0.0726. The molecule has 1 saturated heterocycles. The summed E-state index contributed by atoms with van der Waals surface area (Å²) in [4.78, 5) is 11.5. The van der Waals surface area contributed by atoms with Crippen LogP contribution in [0.5, 0.6) is 0 Å². The van der Waals surface area contributed by atoms with Crippen molar-refractivity contribution in [3.63, 3.8) is 0 Å². The van der Waals surface area contributed by atoms with Gasteiger partial charge in [0.2, 0.25) is 0 Å². The van der Waals surface area contributed by atoms with E-state index in [2.05, 4.69) is 5.32 Å². The van der Waals surface area contributed by atoms with Crippen LogP contribution in [-0.4, -0.2) is 18.9 Å². The monoisotopic (exact) mass is 359 g/mol. The molecule has 24 heavy (non-hydrogen) atoms. The Balaban J connectivity index is 2.13. The van der Waals surface area contributed by atoms with Crippen molar-refractivity contribution in [3.05, 3.63) is 74.8 Å². The van der Waals surface area contributed by atoms with Gasteiger partial charge in [0.15, 0.2) is 5.78 Å². The summed E-state index contributed by atoms with van der Waals surface area (Å²) in [7, 11) is 0. The average molecular weight is 360 g/mol. The first-order valence-corrected chi connectivity index (χ1v) is 8.81.